The Kier molecular flexibility index (Phi) is 2.86. The lowest BCUT2D eigenvalue weighted by molar-refractivity contribution is -0.195. The van der Waals surface area contributed by atoms with Crippen molar-refractivity contribution in [3.8, 4) is 0 Å². The van der Waals surface area contributed by atoms with Gasteiger partial charge in [0.2, 0.25) is 0 Å². The molecule has 5 atom stereocenters. The maximum Gasteiger partial charge on any atom is 0.314 e. The highest BCUT2D eigenvalue weighted by atomic mass is 16.5. The minimum absolute atomic E-state index is 0.0388. The monoisotopic (exact) mass is 288 g/mol. The van der Waals surface area contributed by atoms with Crippen LogP contribution in [0, 0.1) is 23.2 Å². The van der Waals surface area contributed by atoms with E-state index in [4.69, 9.17) is 9.47 Å². The molecule has 4 nitrogen and oxygen atoms in total. The molecule has 0 radical (unpaired) electrons. The third-order valence-electron chi connectivity index (χ3n) is 5.80. The van der Waals surface area contributed by atoms with Crippen molar-refractivity contribution in [2.24, 2.45) is 23.2 Å². The van der Waals surface area contributed by atoms with Crippen molar-refractivity contribution < 1.29 is 19.1 Å². The second-order valence-electron chi connectivity index (χ2n) is 6.60. The molecule has 4 heteroatoms. The molecular weight excluding hydrogens is 268 g/mol. The Bertz CT molecular complexity index is 561. The summed E-state index contributed by atoms with van der Waals surface area (Å²) >= 11 is 0. The van der Waals surface area contributed by atoms with Gasteiger partial charge in [0.1, 0.15) is 11.9 Å². The van der Waals surface area contributed by atoms with Gasteiger partial charge in [-0.15, -0.1) is 0 Å². The molecule has 0 aromatic heterocycles. The van der Waals surface area contributed by atoms with Crippen LogP contribution < -0.4 is 0 Å². The van der Waals surface area contributed by atoms with Gasteiger partial charge in [0.25, 0.3) is 0 Å². The normalized spacial score (nSPS) is 44.0. The van der Waals surface area contributed by atoms with Crippen LogP contribution >= 0.6 is 0 Å². The highest BCUT2D eigenvalue weighted by molar-refractivity contribution is 5.97. The first-order valence-electron chi connectivity index (χ1n) is 7.79. The van der Waals surface area contributed by atoms with E-state index in [1.54, 1.807) is 7.11 Å². The predicted octanol–water partition coefficient (Wildman–Crippen LogP) is 2.05. The van der Waals surface area contributed by atoms with Gasteiger partial charge in [0.05, 0.1) is 12.0 Å². The van der Waals surface area contributed by atoms with Crippen molar-refractivity contribution >= 4 is 11.8 Å². The van der Waals surface area contributed by atoms with Crippen LogP contribution in [0.3, 0.4) is 0 Å². The van der Waals surface area contributed by atoms with E-state index in [-0.39, 0.29) is 35.6 Å². The number of ether oxygens (including phenoxy) is 2. The largest absolute Gasteiger partial charge is 0.457 e. The topological polar surface area (TPSA) is 52.6 Å². The lowest BCUT2D eigenvalue weighted by Gasteiger charge is -2.59. The number of carbonyl (C=O) groups is 2. The molecule has 2 saturated carbocycles. The number of methoxy groups -OCH3 is 1. The average Bonchev–Trinajstić information content (AvgIpc) is 2.99. The summed E-state index contributed by atoms with van der Waals surface area (Å²) in [6, 6.07) is 0. The average molecular weight is 288 g/mol. The molecule has 1 aliphatic heterocycles. The van der Waals surface area contributed by atoms with Gasteiger partial charge in [-0.25, -0.2) is 0 Å². The summed E-state index contributed by atoms with van der Waals surface area (Å²) in [6.45, 7) is 0.546. The Hall–Kier alpha value is -1.42. The van der Waals surface area contributed by atoms with Crippen molar-refractivity contribution in [1.82, 2.24) is 0 Å². The molecule has 3 fully saturated rings. The van der Waals surface area contributed by atoms with Crippen molar-refractivity contribution in [2.45, 2.75) is 31.8 Å². The van der Waals surface area contributed by atoms with E-state index < -0.39 is 5.41 Å². The summed E-state index contributed by atoms with van der Waals surface area (Å²) in [5.74, 6) is 0.257. The first-order chi connectivity index (χ1) is 10.2. The SMILES string of the molecule is COC/C=C/[C@@H]1[C@H]2C(=O)CC[C@]23C(=O)O[C@@H]2CCC=C2[C@H]13. The molecule has 1 saturated heterocycles. The molecule has 1 heterocycles. The minimum atomic E-state index is -0.550. The van der Waals surface area contributed by atoms with Crippen molar-refractivity contribution in [1.29, 1.82) is 0 Å². The third-order valence-corrected chi connectivity index (χ3v) is 5.80. The van der Waals surface area contributed by atoms with E-state index >= 15 is 0 Å². The van der Waals surface area contributed by atoms with E-state index in [1.807, 2.05) is 6.08 Å². The molecule has 0 bridgehead atoms. The molecule has 0 amide bonds. The molecular formula is C17H20O4. The van der Waals surface area contributed by atoms with Crippen molar-refractivity contribution in [3.05, 3.63) is 23.8 Å². The van der Waals surface area contributed by atoms with Gasteiger partial charge in [-0.1, -0.05) is 18.2 Å². The molecule has 112 valence electrons. The number of allylic oxidation sites excluding steroid dienone is 2. The number of fused-ring (bicyclic) bond motifs is 2. The number of rotatable bonds is 3. The zero-order valence-electron chi connectivity index (χ0n) is 12.2. The molecule has 3 aliphatic carbocycles. The summed E-state index contributed by atoms with van der Waals surface area (Å²) < 4.78 is 10.7. The number of hydrogen-bond donors (Lipinski definition) is 0. The molecule has 4 rings (SSSR count). The van der Waals surface area contributed by atoms with Gasteiger partial charge in [-0.2, -0.15) is 0 Å². The number of ketones is 1. The Morgan fingerprint density at radius 1 is 1.43 bits per heavy atom. The maximum atomic E-state index is 12.6. The second-order valence-corrected chi connectivity index (χ2v) is 6.60. The van der Waals surface area contributed by atoms with Crippen LogP contribution in [0.15, 0.2) is 23.8 Å². The molecule has 0 aromatic carbocycles. The highest BCUT2D eigenvalue weighted by Crippen LogP contribution is 2.69. The summed E-state index contributed by atoms with van der Waals surface area (Å²) in [4.78, 5) is 24.8. The number of carbonyl (C=O) groups excluding carboxylic acids is 2. The van der Waals surface area contributed by atoms with Gasteiger partial charge < -0.3 is 9.47 Å². The Labute approximate surface area is 124 Å². The second kappa shape index (κ2) is 4.54. The molecule has 0 N–H and O–H groups in total. The number of hydrogen-bond acceptors (Lipinski definition) is 4. The molecule has 0 unspecified atom stereocenters. The summed E-state index contributed by atoms with van der Waals surface area (Å²) in [5, 5.41) is 0. The summed E-state index contributed by atoms with van der Waals surface area (Å²) in [5.41, 5.74) is 0.721. The Morgan fingerprint density at radius 3 is 3.10 bits per heavy atom. The van der Waals surface area contributed by atoms with E-state index in [9.17, 15) is 9.59 Å². The van der Waals surface area contributed by atoms with Crippen molar-refractivity contribution in [3.63, 3.8) is 0 Å². The quantitative estimate of drug-likeness (QED) is 0.589. The van der Waals surface area contributed by atoms with Crippen LogP contribution in [0.1, 0.15) is 25.7 Å². The predicted molar refractivity (Wildman–Crippen MR) is 75.4 cm³/mol. The molecule has 1 spiro atoms. The van der Waals surface area contributed by atoms with Crippen molar-refractivity contribution in [2.75, 3.05) is 13.7 Å². The standard InChI is InChI=1S/C17H20O4/c1-20-9-3-5-11-14-10-4-2-6-13(10)21-16(19)17(14)8-7-12(18)15(11)17/h3-5,11,13-15H,2,6-9H2,1H3/b5-3+/t11-,13+,14+,15-,17+/m0/s1. The third kappa shape index (κ3) is 1.54. The van der Waals surface area contributed by atoms with E-state index in [2.05, 4.69) is 12.2 Å². The lowest BCUT2D eigenvalue weighted by atomic mass is 9.44. The van der Waals surface area contributed by atoms with Gasteiger partial charge in [0.15, 0.2) is 0 Å². The van der Waals surface area contributed by atoms with Crippen LogP contribution in [0.2, 0.25) is 0 Å². The zero-order valence-corrected chi connectivity index (χ0v) is 12.2. The van der Waals surface area contributed by atoms with Crippen LogP contribution in [-0.2, 0) is 19.1 Å². The van der Waals surface area contributed by atoms with E-state index in [0.717, 1.165) is 12.8 Å². The minimum Gasteiger partial charge on any atom is -0.457 e. The summed E-state index contributed by atoms with van der Waals surface area (Å²) in [6.07, 6.45) is 9.33. The summed E-state index contributed by atoms with van der Waals surface area (Å²) in [7, 11) is 1.66. The maximum absolute atomic E-state index is 12.6. The fourth-order valence-electron chi connectivity index (χ4n) is 5.05. The zero-order chi connectivity index (χ0) is 14.6. The highest BCUT2D eigenvalue weighted by Gasteiger charge is 2.74. The number of esters is 1. The smallest absolute Gasteiger partial charge is 0.314 e. The van der Waals surface area contributed by atoms with Crippen LogP contribution in [-0.4, -0.2) is 31.6 Å². The van der Waals surface area contributed by atoms with Gasteiger partial charge >= 0.3 is 5.97 Å². The van der Waals surface area contributed by atoms with Crippen LogP contribution in [0.4, 0.5) is 0 Å². The molecule has 4 aliphatic rings. The fourth-order valence-corrected chi connectivity index (χ4v) is 5.05. The Morgan fingerprint density at radius 2 is 2.29 bits per heavy atom. The molecule has 21 heavy (non-hydrogen) atoms. The molecule has 0 aromatic rings. The number of Topliss-reactive ketones (excluding diaryl/α,β-unsaturated/α-hetero) is 1. The van der Waals surface area contributed by atoms with Crippen LogP contribution in [0.25, 0.3) is 0 Å². The van der Waals surface area contributed by atoms with Gasteiger partial charge in [-0.3, -0.25) is 9.59 Å². The fraction of sp³-hybridized carbons (Fsp3) is 0.647. The van der Waals surface area contributed by atoms with Gasteiger partial charge in [-0.05, 0) is 30.8 Å². The first-order valence-corrected chi connectivity index (χ1v) is 7.79. The van der Waals surface area contributed by atoms with Gasteiger partial charge in [0, 0.05) is 25.4 Å². The van der Waals surface area contributed by atoms with Crippen LogP contribution in [0.5, 0.6) is 0 Å². The van der Waals surface area contributed by atoms with E-state index in [0.29, 0.717) is 19.4 Å². The van der Waals surface area contributed by atoms with E-state index in [1.165, 1.54) is 5.57 Å². The Balaban J connectivity index is 1.72. The lowest BCUT2D eigenvalue weighted by Crippen LogP contribution is -2.64. The first kappa shape index (κ1) is 13.3.